The van der Waals surface area contributed by atoms with Gasteiger partial charge in [-0.25, -0.2) is 0 Å². The van der Waals surface area contributed by atoms with Crippen LogP contribution in [0.2, 0.25) is 0 Å². The normalized spacial score (nSPS) is 11.9. The number of carbonyl (C=O) groups is 2. The van der Waals surface area contributed by atoms with E-state index in [2.05, 4.69) is 5.32 Å². The van der Waals surface area contributed by atoms with E-state index >= 15 is 0 Å². The van der Waals surface area contributed by atoms with Gasteiger partial charge in [0.15, 0.2) is 0 Å². The summed E-state index contributed by atoms with van der Waals surface area (Å²) in [6.45, 7) is 3.49. The summed E-state index contributed by atoms with van der Waals surface area (Å²) in [4.78, 5) is 24.2. The standard InChI is InChI=1S/C19H16F6N2O2/c1-3-11-6-4-5-10(2)15(11)27-17(29)16(28)26-14-8-12(18(20,21)22)7-13(9-14)19(23,24)25/h4-9H,3H2,1-2H3,(H,26,28)(H,27,29). The van der Waals surface area contributed by atoms with Crippen molar-refractivity contribution in [2.24, 2.45) is 0 Å². The summed E-state index contributed by atoms with van der Waals surface area (Å²) in [6, 6.07) is 5.71. The number of halogens is 6. The molecule has 0 spiro atoms. The second kappa shape index (κ2) is 8.14. The van der Waals surface area contributed by atoms with Gasteiger partial charge in [-0.1, -0.05) is 25.1 Å². The van der Waals surface area contributed by atoms with Gasteiger partial charge in [0.25, 0.3) is 0 Å². The van der Waals surface area contributed by atoms with E-state index < -0.39 is 41.0 Å². The smallest absolute Gasteiger partial charge is 0.318 e. The summed E-state index contributed by atoms with van der Waals surface area (Å²) in [6.07, 6.45) is -9.61. The van der Waals surface area contributed by atoms with E-state index in [1.807, 2.05) is 6.92 Å². The van der Waals surface area contributed by atoms with Crippen LogP contribution >= 0.6 is 0 Å². The fourth-order valence-electron chi connectivity index (χ4n) is 2.59. The topological polar surface area (TPSA) is 58.2 Å². The van der Waals surface area contributed by atoms with Crippen LogP contribution < -0.4 is 10.6 Å². The first-order valence-corrected chi connectivity index (χ1v) is 8.33. The molecule has 0 bridgehead atoms. The first-order chi connectivity index (χ1) is 13.3. The maximum absolute atomic E-state index is 12.9. The van der Waals surface area contributed by atoms with Crippen LogP contribution in [0, 0.1) is 6.92 Å². The van der Waals surface area contributed by atoms with Crippen molar-refractivity contribution >= 4 is 23.2 Å². The number of rotatable bonds is 3. The molecule has 0 unspecified atom stereocenters. The lowest BCUT2D eigenvalue weighted by molar-refractivity contribution is -0.143. The van der Waals surface area contributed by atoms with Gasteiger partial charge in [0.1, 0.15) is 0 Å². The maximum Gasteiger partial charge on any atom is 0.416 e. The Kier molecular flexibility index (Phi) is 6.24. The average molecular weight is 418 g/mol. The summed E-state index contributed by atoms with van der Waals surface area (Å²) in [5.74, 6) is -2.62. The van der Waals surface area contributed by atoms with Crippen molar-refractivity contribution in [2.75, 3.05) is 10.6 Å². The van der Waals surface area contributed by atoms with Gasteiger partial charge in [0.05, 0.1) is 11.1 Å². The molecule has 2 N–H and O–H groups in total. The van der Waals surface area contributed by atoms with Gasteiger partial charge in [-0.3, -0.25) is 9.59 Å². The van der Waals surface area contributed by atoms with E-state index in [0.717, 1.165) is 0 Å². The molecule has 2 rings (SSSR count). The van der Waals surface area contributed by atoms with Crippen LogP contribution in [0.25, 0.3) is 0 Å². The van der Waals surface area contributed by atoms with Crippen molar-refractivity contribution < 1.29 is 35.9 Å². The molecule has 0 atom stereocenters. The molecule has 0 aliphatic rings. The number of alkyl halides is 6. The average Bonchev–Trinajstić information content (AvgIpc) is 2.61. The number of aryl methyl sites for hydroxylation is 2. The molecule has 0 aromatic heterocycles. The summed E-state index contributed by atoms with van der Waals surface area (Å²) in [5.41, 5.74) is -2.29. The van der Waals surface area contributed by atoms with Crippen LogP contribution in [0.4, 0.5) is 37.7 Å². The van der Waals surface area contributed by atoms with Crippen LogP contribution in [-0.2, 0) is 28.4 Å². The molecule has 0 saturated carbocycles. The largest absolute Gasteiger partial charge is 0.416 e. The van der Waals surface area contributed by atoms with E-state index in [1.54, 1.807) is 30.4 Å². The number of amides is 2. The minimum absolute atomic E-state index is 0.0728. The van der Waals surface area contributed by atoms with Crippen molar-refractivity contribution in [1.82, 2.24) is 0 Å². The number of hydrogen-bond acceptors (Lipinski definition) is 2. The Hall–Kier alpha value is -3.04. The zero-order valence-corrected chi connectivity index (χ0v) is 15.3. The van der Waals surface area contributed by atoms with Gasteiger partial charge in [0, 0.05) is 11.4 Å². The number of nitrogens with one attached hydrogen (secondary N) is 2. The minimum atomic E-state index is -5.07. The second-order valence-electron chi connectivity index (χ2n) is 6.17. The van der Waals surface area contributed by atoms with Crippen molar-refractivity contribution in [3.05, 3.63) is 58.7 Å². The minimum Gasteiger partial charge on any atom is -0.318 e. The molecule has 2 aromatic carbocycles. The molecule has 0 aliphatic carbocycles. The molecule has 0 heterocycles. The molecule has 10 heteroatoms. The van der Waals surface area contributed by atoms with Crippen LogP contribution in [0.5, 0.6) is 0 Å². The highest BCUT2D eigenvalue weighted by molar-refractivity contribution is 6.43. The Balaban J connectivity index is 2.29. The van der Waals surface area contributed by atoms with Crippen molar-refractivity contribution in [2.45, 2.75) is 32.6 Å². The number of para-hydroxylation sites is 1. The van der Waals surface area contributed by atoms with E-state index in [4.69, 9.17) is 0 Å². The number of hydrogen-bond donors (Lipinski definition) is 2. The lowest BCUT2D eigenvalue weighted by Crippen LogP contribution is -2.30. The zero-order chi connectivity index (χ0) is 22.0. The summed E-state index contributed by atoms with van der Waals surface area (Å²) < 4.78 is 77.3. The molecular formula is C19H16F6N2O2. The van der Waals surface area contributed by atoms with Gasteiger partial charge >= 0.3 is 24.2 Å². The highest BCUT2D eigenvalue weighted by atomic mass is 19.4. The molecule has 2 aromatic rings. The van der Waals surface area contributed by atoms with Gasteiger partial charge in [-0.2, -0.15) is 26.3 Å². The predicted molar refractivity (Wildman–Crippen MR) is 94.3 cm³/mol. The molecule has 29 heavy (non-hydrogen) atoms. The fourth-order valence-corrected chi connectivity index (χ4v) is 2.59. The Bertz CT molecular complexity index is 903. The SMILES string of the molecule is CCc1cccc(C)c1NC(=O)C(=O)Nc1cc(C(F)(F)F)cc(C(F)(F)F)c1. The molecule has 0 saturated heterocycles. The first kappa shape index (κ1) is 22.3. The summed E-state index contributed by atoms with van der Waals surface area (Å²) >= 11 is 0. The monoisotopic (exact) mass is 418 g/mol. The third-order valence-corrected chi connectivity index (χ3v) is 4.03. The molecule has 0 radical (unpaired) electrons. The van der Waals surface area contributed by atoms with Gasteiger partial charge in [-0.05, 0) is 42.7 Å². The Labute approximate surface area is 161 Å². The van der Waals surface area contributed by atoms with Crippen LogP contribution in [-0.4, -0.2) is 11.8 Å². The first-order valence-electron chi connectivity index (χ1n) is 8.33. The molecule has 2 amide bonds. The molecule has 0 aliphatic heterocycles. The van der Waals surface area contributed by atoms with Crippen molar-refractivity contribution in [3.63, 3.8) is 0 Å². The lowest BCUT2D eigenvalue weighted by Gasteiger charge is -2.15. The van der Waals surface area contributed by atoms with Gasteiger partial charge in [0.2, 0.25) is 0 Å². The third-order valence-electron chi connectivity index (χ3n) is 4.03. The van der Waals surface area contributed by atoms with Gasteiger partial charge in [-0.15, -0.1) is 0 Å². The molecule has 4 nitrogen and oxygen atoms in total. The number of benzene rings is 2. The van der Waals surface area contributed by atoms with E-state index in [0.29, 0.717) is 35.4 Å². The van der Waals surface area contributed by atoms with E-state index in [9.17, 15) is 35.9 Å². The fraction of sp³-hybridized carbons (Fsp3) is 0.263. The van der Waals surface area contributed by atoms with Crippen LogP contribution in [0.1, 0.15) is 29.2 Å². The van der Waals surface area contributed by atoms with Gasteiger partial charge < -0.3 is 10.6 Å². The lowest BCUT2D eigenvalue weighted by atomic mass is 10.1. The third kappa shape index (κ3) is 5.49. The second-order valence-corrected chi connectivity index (χ2v) is 6.17. The quantitative estimate of drug-likeness (QED) is 0.534. The number of anilines is 2. The Morgan fingerprint density at radius 3 is 1.86 bits per heavy atom. The van der Waals surface area contributed by atoms with E-state index in [-0.39, 0.29) is 6.07 Å². The summed E-state index contributed by atoms with van der Waals surface area (Å²) in [5, 5.41) is 4.14. The summed E-state index contributed by atoms with van der Waals surface area (Å²) in [7, 11) is 0. The zero-order valence-electron chi connectivity index (χ0n) is 15.3. The molecular weight excluding hydrogens is 402 g/mol. The predicted octanol–water partition coefficient (Wildman–Crippen LogP) is 5.17. The van der Waals surface area contributed by atoms with Crippen LogP contribution in [0.3, 0.4) is 0 Å². The highest BCUT2D eigenvalue weighted by Crippen LogP contribution is 2.37. The Morgan fingerprint density at radius 1 is 0.862 bits per heavy atom. The Morgan fingerprint density at radius 2 is 1.38 bits per heavy atom. The molecule has 156 valence electrons. The van der Waals surface area contributed by atoms with Crippen LogP contribution in [0.15, 0.2) is 36.4 Å². The van der Waals surface area contributed by atoms with Crippen molar-refractivity contribution in [3.8, 4) is 0 Å². The molecule has 0 fully saturated rings. The maximum atomic E-state index is 12.9. The highest BCUT2D eigenvalue weighted by Gasteiger charge is 2.37. The number of carbonyl (C=O) groups excluding carboxylic acids is 2. The van der Waals surface area contributed by atoms with E-state index in [1.165, 1.54) is 0 Å². The van der Waals surface area contributed by atoms with Crippen molar-refractivity contribution in [1.29, 1.82) is 0 Å².